The van der Waals surface area contributed by atoms with Gasteiger partial charge in [0.2, 0.25) is 5.91 Å². The van der Waals surface area contributed by atoms with Crippen molar-refractivity contribution < 1.29 is 14.7 Å². The predicted molar refractivity (Wildman–Crippen MR) is 84.2 cm³/mol. The Labute approximate surface area is 133 Å². The molecule has 1 atom stereocenters. The number of aliphatic carboxylic acids is 1. The van der Waals surface area contributed by atoms with E-state index in [-0.39, 0.29) is 11.8 Å². The number of piperidine rings is 1. The Morgan fingerprint density at radius 1 is 1.27 bits per heavy atom. The number of aryl methyl sites for hydroxylation is 1. The molecule has 1 amide bonds. The van der Waals surface area contributed by atoms with Gasteiger partial charge in [-0.2, -0.15) is 0 Å². The number of hydrogen-bond acceptors (Lipinski definition) is 5. The number of likely N-dealkylation sites (tertiary alicyclic amines) is 1. The van der Waals surface area contributed by atoms with Gasteiger partial charge >= 0.3 is 5.97 Å². The standard InChI is InChI=1S/C15H21N3O3S/c1-10-9-22-15(16-10)17-7-4-11(5-8-17)13(19)18-6-2-3-12(18)14(20)21/h9,11-12H,2-8H2,1H3,(H,20,21). The van der Waals surface area contributed by atoms with Crippen LogP contribution in [-0.4, -0.2) is 52.5 Å². The van der Waals surface area contributed by atoms with Crippen LogP contribution in [0.2, 0.25) is 0 Å². The van der Waals surface area contributed by atoms with Crippen LogP contribution in [0.3, 0.4) is 0 Å². The van der Waals surface area contributed by atoms with E-state index < -0.39 is 12.0 Å². The van der Waals surface area contributed by atoms with Crippen molar-refractivity contribution >= 4 is 28.3 Å². The van der Waals surface area contributed by atoms with Crippen molar-refractivity contribution in [3.63, 3.8) is 0 Å². The lowest BCUT2D eigenvalue weighted by molar-refractivity contribution is -0.150. The molecule has 2 aliphatic heterocycles. The lowest BCUT2D eigenvalue weighted by Gasteiger charge is -2.34. The molecule has 1 aromatic heterocycles. The highest BCUT2D eigenvalue weighted by Gasteiger charge is 2.38. The van der Waals surface area contributed by atoms with Crippen LogP contribution in [0.4, 0.5) is 5.13 Å². The SMILES string of the molecule is Cc1csc(N2CCC(C(=O)N3CCCC3C(=O)O)CC2)n1. The Morgan fingerprint density at radius 2 is 2.00 bits per heavy atom. The molecular weight excluding hydrogens is 302 g/mol. The minimum Gasteiger partial charge on any atom is -0.480 e. The molecule has 1 aromatic rings. The lowest BCUT2D eigenvalue weighted by atomic mass is 9.95. The van der Waals surface area contributed by atoms with Crippen LogP contribution >= 0.6 is 11.3 Å². The summed E-state index contributed by atoms with van der Waals surface area (Å²) in [6, 6.07) is -0.618. The van der Waals surface area contributed by atoms with Crippen molar-refractivity contribution in [3.8, 4) is 0 Å². The van der Waals surface area contributed by atoms with Crippen LogP contribution in [0.5, 0.6) is 0 Å². The topological polar surface area (TPSA) is 73.7 Å². The normalized spacial score (nSPS) is 23.0. The highest BCUT2D eigenvalue weighted by atomic mass is 32.1. The largest absolute Gasteiger partial charge is 0.480 e. The average Bonchev–Trinajstić information content (AvgIpc) is 3.15. The zero-order chi connectivity index (χ0) is 15.7. The van der Waals surface area contributed by atoms with E-state index in [0.29, 0.717) is 13.0 Å². The zero-order valence-corrected chi connectivity index (χ0v) is 13.5. The Bertz CT molecular complexity index is 566. The van der Waals surface area contributed by atoms with E-state index >= 15 is 0 Å². The number of thiazole rings is 1. The number of carbonyl (C=O) groups excluding carboxylic acids is 1. The highest BCUT2D eigenvalue weighted by molar-refractivity contribution is 7.13. The van der Waals surface area contributed by atoms with Gasteiger partial charge in [-0.1, -0.05) is 0 Å². The molecule has 0 spiro atoms. The second-order valence-electron chi connectivity index (χ2n) is 6.06. The fraction of sp³-hybridized carbons (Fsp3) is 0.667. The second kappa shape index (κ2) is 6.24. The van der Waals surface area contributed by atoms with Gasteiger partial charge in [0.25, 0.3) is 0 Å². The van der Waals surface area contributed by atoms with Crippen molar-refractivity contribution in [1.29, 1.82) is 0 Å². The van der Waals surface area contributed by atoms with Crippen molar-refractivity contribution in [2.45, 2.75) is 38.6 Å². The molecule has 2 aliphatic rings. The van der Waals surface area contributed by atoms with Gasteiger partial charge in [-0.3, -0.25) is 4.79 Å². The lowest BCUT2D eigenvalue weighted by Crippen LogP contribution is -2.46. The quantitative estimate of drug-likeness (QED) is 0.917. The Balaban J connectivity index is 1.59. The molecule has 0 aromatic carbocycles. The van der Waals surface area contributed by atoms with Gasteiger partial charge in [0.1, 0.15) is 6.04 Å². The van der Waals surface area contributed by atoms with Crippen LogP contribution in [0.1, 0.15) is 31.4 Å². The number of nitrogens with zero attached hydrogens (tertiary/aromatic N) is 3. The fourth-order valence-corrected chi connectivity index (χ4v) is 4.18. The first kappa shape index (κ1) is 15.3. The molecule has 0 radical (unpaired) electrons. The summed E-state index contributed by atoms with van der Waals surface area (Å²) in [6.07, 6.45) is 2.93. The summed E-state index contributed by atoms with van der Waals surface area (Å²) in [5.74, 6) is -0.890. The molecule has 3 rings (SSSR count). The van der Waals surface area contributed by atoms with Crippen LogP contribution in [-0.2, 0) is 9.59 Å². The molecular formula is C15H21N3O3S. The number of aromatic nitrogens is 1. The van der Waals surface area contributed by atoms with E-state index in [2.05, 4.69) is 9.88 Å². The fourth-order valence-electron chi connectivity index (χ4n) is 3.33. The number of carbonyl (C=O) groups is 2. The van der Waals surface area contributed by atoms with E-state index in [4.69, 9.17) is 0 Å². The first-order valence-corrected chi connectivity index (χ1v) is 8.64. The van der Waals surface area contributed by atoms with Gasteiger partial charge in [0.05, 0.1) is 5.69 Å². The molecule has 0 saturated carbocycles. The van der Waals surface area contributed by atoms with Gasteiger partial charge in [-0.15, -0.1) is 11.3 Å². The highest BCUT2D eigenvalue weighted by Crippen LogP contribution is 2.29. The third-order valence-corrected chi connectivity index (χ3v) is 5.56. The van der Waals surface area contributed by atoms with Gasteiger partial charge in [0.15, 0.2) is 5.13 Å². The first-order chi connectivity index (χ1) is 10.6. The maximum Gasteiger partial charge on any atom is 0.326 e. The number of anilines is 1. The maximum absolute atomic E-state index is 12.6. The molecule has 0 bridgehead atoms. The summed E-state index contributed by atoms with van der Waals surface area (Å²) >= 11 is 1.64. The number of rotatable bonds is 3. The maximum atomic E-state index is 12.6. The molecule has 3 heterocycles. The molecule has 1 unspecified atom stereocenters. The summed E-state index contributed by atoms with van der Waals surface area (Å²) in [5.41, 5.74) is 1.03. The van der Waals surface area contributed by atoms with E-state index in [9.17, 15) is 14.7 Å². The summed E-state index contributed by atoms with van der Waals surface area (Å²) in [5, 5.41) is 12.3. The minimum atomic E-state index is -0.874. The van der Waals surface area contributed by atoms with E-state index in [1.807, 2.05) is 12.3 Å². The van der Waals surface area contributed by atoms with Crippen molar-refractivity contribution in [1.82, 2.24) is 9.88 Å². The van der Waals surface area contributed by atoms with Crippen molar-refractivity contribution in [2.75, 3.05) is 24.5 Å². The minimum absolute atomic E-state index is 0.0277. The Morgan fingerprint density at radius 3 is 2.59 bits per heavy atom. The molecule has 2 fully saturated rings. The molecule has 120 valence electrons. The van der Waals surface area contributed by atoms with Crippen molar-refractivity contribution in [3.05, 3.63) is 11.1 Å². The monoisotopic (exact) mass is 323 g/mol. The molecule has 2 saturated heterocycles. The van der Waals surface area contributed by atoms with Gasteiger partial charge < -0.3 is 14.9 Å². The van der Waals surface area contributed by atoms with Crippen LogP contribution < -0.4 is 4.90 Å². The Kier molecular flexibility index (Phi) is 4.33. The summed E-state index contributed by atoms with van der Waals surface area (Å²) in [4.78, 5) is 32.1. The number of carboxylic acid groups (broad SMARTS) is 1. The summed E-state index contributed by atoms with van der Waals surface area (Å²) in [7, 11) is 0. The summed E-state index contributed by atoms with van der Waals surface area (Å²) in [6.45, 7) is 4.20. The zero-order valence-electron chi connectivity index (χ0n) is 12.7. The molecule has 6 nitrogen and oxygen atoms in total. The predicted octanol–water partition coefficient (Wildman–Crippen LogP) is 1.74. The molecule has 0 aliphatic carbocycles. The van der Waals surface area contributed by atoms with E-state index in [1.54, 1.807) is 16.2 Å². The number of amides is 1. The smallest absolute Gasteiger partial charge is 0.326 e. The number of hydrogen-bond donors (Lipinski definition) is 1. The van der Waals surface area contributed by atoms with Gasteiger partial charge in [-0.05, 0) is 32.6 Å². The molecule has 1 N–H and O–H groups in total. The van der Waals surface area contributed by atoms with E-state index in [1.165, 1.54) is 0 Å². The van der Waals surface area contributed by atoms with Crippen LogP contribution in [0.15, 0.2) is 5.38 Å². The molecule has 22 heavy (non-hydrogen) atoms. The molecule has 7 heteroatoms. The van der Waals surface area contributed by atoms with Gasteiger partial charge in [0, 0.05) is 30.9 Å². The Hall–Kier alpha value is -1.63. The number of carboxylic acids is 1. The van der Waals surface area contributed by atoms with Crippen LogP contribution in [0, 0.1) is 12.8 Å². The average molecular weight is 323 g/mol. The third kappa shape index (κ3) is 2.95. The van der Waals surface area contributed by atoms with Crippen molar-refractivity contribution in [2.24, 2.45) is 5.92 Å². The second-order valence-corrected chi connectivity index (χ2v) is 6.90. The summed E-state index contributed by atoms with van der Waals surface area (Å²) < 4.78 is 0. The van der Waals surface area contributed by atoms with Gasteiger partial charge in [-0.25, -0.2) is 9.78 Å². The third-order valence-electron chi connectivity index (χ3n) is 4.54. The van der Waals surface area contributed by atoms with Crippen LogP contribution in [0.25, 0.3) is 0 Å². The van der Waals surface area contributed by atoms with E-state index in [0.717, 1.165) is 43.2 Å². The first-order valence-electron chi connectivity index (χ1n) is 7.76.